The van der Waals surface area contributed by atoms with Gasteiger partial charge in [0.05, 0.1) is 6.04 Å². The van der Waals surface area contributed by atoms with E-state index in [-0.39, 0.29) is 18.0 Å². The fourth-order valence-electron chi connectivity index (χ4n) is 6.18. The first-order valence-electron chi connectivity index (χ1n) is 14.2. The number of anilines is 3. The number of carbonyl (C=O) groups is 1. The Morgan fingerprint density at radius 2 is 1.71 bits per heavy atom. The number of amides is 1. The quantitative estimate of drug-likeness (QED) is 0.519. The van der Waals surface area contributed by atoms with Crippen LogP contribution in [0.1, 0.15) is 59.8 Å². The standard InChI is InChI=1S/C27H43N9OS/c1-19(2)34-14-16-35(17-15-34)23(20-7-10-27(3,4)11-8-20)24(37)30-26-33-32-25(38-26)29-21-9-13-36(18-21)22-6-5-12-28-31-22/h5-6,12,19-21,23H,7-11,13-18H2,1-4H3,(H,29,32)(H,30,33,37)/t21-,23+/m1/s1. The molecule has 0 spiro atoms. The molecule has 2 N–H and O–H groups in total. The summed E-state index contributed by atoms with van der Waals surface area (Å²) in [4.78, 5) is 20.9. The minimum atomic E-state index is -0.115. The molecule has 208 valence electrons. The van der Waals surface area contributed by atoms with Crippen molar-refractivity contribution in [2.24, 2.45) is 11.3 Å². The maximum Gasteiger partial charge on any atom is 0.243 e. The van der Waals surface area contributed by atoms with Crippen LogP contribution in [0.2, 0.25) is 0 Å². The SMILES string of the molecule is CC(C)N1CCN([C@H](C(=O)Nc2nnc(N[C@@H]3CCN(c4cccnn4)C3)s2)C2CCC(C)(C)CC2)CC1. The zero-order valence-electron chi connectivity index (χ0n) is 23.3. The molecular formula is C27H43N9OS. The molecule has 11 heteroatoms. The number of carbonyl (C=O) groups excluding carboxylic acids is 1. The summed E-state index contributed by atoms with van der Waals surface area (Å²) in [5.41, 5.74) is 0.372. The van der Waals surface area contributed by atoms with E-state index in [4.69, 9.17) is 0 Å². The van der Waals surface area contributed by atoms with Gasteiger partial charge in [-0.15, -0.1) is 15.3 Å². The Balaban J connectivity index is 1.20. The summed E-state index contributed by atoms with van der Waals surface area (Å²) < 4.78 is 0. The number of hydrogen-bond donors (Lipinski definition) is 2. The molecule has 1 saturated carbocycles. The zero-order chi connectivity index (χ0) is 26.7. The van der Waals surface area contributed by atoms with Crippen LogP contribution in [0.5, 0.6) is 0 Å². The second kappa shape index (κ2) is 11.8. The first kappa shape index (κ1) is 27.2. The molecule has 2 aromatic heterocycles. The van der Waals surface area contributed by atoms with Crippen molar-refractivity contribution in [1.29, 1.82) is 0 Å². The number of rotatable bonds is 8. The van der Waals surface area contributed by atoms with Gasteiger partial charge in [0.1, 0.15) is 0 Å². The molecule has 5 rings (SSSR count). The predicted octanol–water partition coefficient (Wildman–Crippen LogP) is 3.57. The summed E-state index contributed by atoms with van der Waals surface area (Å²) in [7, 11) is 0. The van der Waals surface area contributed by atoms with Crippen molar-refractivity contribution in [3.05, 3.63) is 18.3 Å². The first-order valence-corrected chi connectivity index (χ1v) is 15.0. The van der Waals surface area contributed by atoms with Crippen LogP contribution < -0.4 is 15.5 Å². The maximum absolute atomic E-state index is 13.8. The Bertz CT molecular complexity index is 1040. The third-order valence-corrected chi connectivity index (χ3v) is 9.39. The van der Waals surface area contributed by atoms with Crippen LogP contribution in [0.3, 0.4) is 0 Å². The molecule has 10 nitrogen and oxygen atoms in total. The van der Waals surface area contributed by atoms with Gasteiger partial charge >= 0.3 is 0 Å². The smallest absolute Gasteiger partial charge is 0.243 e. The second-order valence-electron chi connectivity index (χ2n) is 12.2. The van der Waals surface area contributed by atoms with Gasteiger partial charge in [-0.2, -0.15) is 5.10 Å². The van der Waals surface area contributed by atoms with Gasteiger partial charge in [-0.25, -0.2) is 0 Å². The van der Waals surface area contributed by atoms with Crippen molar-refractivity contribution >= 4 is 33.3 Å². The van der Waals surface area contributed by atoms with Crippen LogP contribution in [-0.2, 0) is 4.79 Å². The number of nitrogens with zero attached hydrogens (tertiary/aromatic N) is 7. The number of piperazine rings is 1. The normalized spacial score (nSPS) is 24.0. The van der Waals surface area contributed by atoms with E-state index in [1.165, 1.54) is 24.2 Å². The van der Waals surface area contributed by atoms with E-state index < -0.39 is 0 Å². The molecule has 2 aromatic rings. The fourth-order valence-corrected chi connectivity index (χ4v) is 6.91. The molecule has 0 aromatic carbocycles. The Labute approximate surface area is 230 Å². The maximum atomic E-state index is 13.8. The predicted molar refractivity (Wildman–Crippen MR) is 153 cm³/mol. The molecule has 1 aliphatic carbocycles. The first-order chi connectivity index (χ1) is 18.3. The summed E-state index contributed by atoms with van der Waals surface area (Å²) in [5.74, 6) is 1.35. The zero-order valence-corrected chi connectivity index (χ0v) is 24.1. The fraction of sp³-hybridized carbons (Fsp3) is 0.741. The minimum Gasteiger partial charge on any atom is -0.355 e. The average Bonchev–Trinajstić information content (AvgIpc) is 3.56. The minimum absolute atomic E-state index is 0.0742. The Morgan fingerprint density at radius 1 is 1.00 bits per heavy atom. The number of nitrogens with one attached hydrogen (secondary N) is 2. The highest BCUT2D eigenvalue weighted by molar-refractivity contribution is 7.19. The Morgan fingerprint density at radius 3 is 2.39 bits per heavy atom. The van der Waals surface area contributed by atoms with Gasteiger partial charge < -0.3 is 10.2 Å². The third-order valence-electron chi connectivity index (χ3n) is 8.62. The Kier molecular flexibility index (Phi) is 8.44. The van der Waals surface area contributed by atoms with Gasteiger partial charge in [0.2, 0.25) is 16.2 Å². The molecule has 4 heterocycles. The van der Waals surface area contributed by atoms with Gasteiger partial charge in [0, 0.05) is 57.5 Å². The third kappa shape index (κ3) is 6.60. The molecule has 0 bridgehead atoms. The van der Waals surface area contributed by atoms with E-state index in [0.717, 1.165) is 69.5 Å². The average molecular weight is 542 g/mol. The summed E-state index contributed by atoms with van der Waals surface area (Å²) >= 11 is 1.42. The molecule has 3 aliphatic rings. The number of aromatic nitrogens is 4. The van der Waals surface area contributed by atoms with Crippen LogP contribution in [-0.4, -0.2) is 93.5 Å². The van der Waals surface area contributed by atoms with Crippen LogP contribution in [0, 0.1) is 11.3 Å². The lowest BCUT2D eigenvalue weighted by molar-refractivity contribution is -0.125. The van der Waals surface area contributed by atoms with Gasteiger partial charge in [0.15, 0.2) is 5.82 Å². The topological polar surface area (TPSA) is 102 Å². The summed E-state index contributed by atoms with van der Waals surface area (Å²) in [6, 6.07) is 4.58. The van der Waals surface area contributed by atoms with Crippen LogP contribution in [0.15, 0.2) is 18.3 Å². The largest absolute Gasteiger partial charge is 0.355 e. The van der Waals surface area contributed by atoms with E-state index >= 15 is 0 Å². The van der Waals surface area contributed by atoms with E-state index in [2.05, 4.69) is 73.4 Å². The van der Waals surface area contributed by atoms with E-state index in [9.17, 15) is 4.79 Å². The lowest BCUT2D eigenvalue weighted by atomic mass is 9.70. The van der Waals surface area contributed by atoms with Crippen molar-refractivity contribution in [2.45, 2.75) is 77.9 Å². The second-order valence-corrected chi connectivity index (χ2v) is 13.1. The van der Waals surface area contributed by atoms with E-state index in [1.807, 2.05) is 12.1 Å². The van der Waals surface area contributed by atoms with Crippen LogP contribution in [0.4, 0.5) is 16.1 Å². The molecule has 3 fully saturated rings. The number of hydrogen-bond acceptors (Lipinski definition) is 10. The van der Waals surface area contributed by atoms with Gasteiger partial charge in [-0.05, 0) is 69.4 Å². The summed E-state index contributed by atoms with van der Waals surface area (Å²) in [6.07, 6.45) is 7.23. The van der Waals surface area contributed by atoms with E-state index in [1.54, 1.807) is 6.20 Å². The molecule has 0 radical (unpaired) electrons. The molecule has 1 amide bonds. The van der Waals surface area contributed by atoms with Crippen LogP contribution in [0.25, 0.3) is 0 Å². The lowest BCUT2D eigenvalue weighted by Crippen LogP contribution is -2.57. The van der Waals surface area contributed by atoms with Gasteiger partial charge in [-0.1, -0.05) is 25.2 Å². The van der Waals surface area contributed by atoms with Crippen molar-refractivity contribution in [2.75, 3.05) is 54.8 Å². The van der Waals surface area contributed by atoms with Crippen molar-refractivity contribution in [3.8, 4) is 0 Å². The van der Waals surface area contributed by atoms with E-state index in [0.29, 0.717) is 22.5 Å². The highest BCUT2D eigenvalue weighted by Gasteiger charge is 2.39. The molecule has 0 unspecified atom stereocenters. The Hall–Kier alpha value is -2.37. The van der Waals surface area contributed by atoms with Gasteiger partial charge in [0.25, 0.3) is 0 Å². The van der Waals surface area contributed by atoms with Gasteiger partial charge in [-0.3, -0.25) is 19.9 Å². The van der Waals surface area contributed by atoms with Crippen LogP contribution >= 0.6 is 11.3 Å². The highest BCUT2D eigenvalue weighted by Crippen LogP contribution is 2.40. The van der Waals surface area contributed by atoms with Crippen molar-refractivity contribution in [1.82, 2.24) is 30.2 Å². The molecule has 2 aliphatic heterocycles. The highest BCUT2D eigenvalue weighted by atomic mass is 32.1. The lowest BCUT2D eigenvalue weighted by Gasteiger charge is -2.45. The van der Waals surface area contributed by atoms with Crippen molar-refractivity contribution < 1.29 is 4.79 Å². The summed E-state index contributed by atoms with van der Waals surface area (Å²) in [5, 5.41) is 24.8. The molecule has 2 atom stereocenters. The summed E-state index contributed by atoms with van der Waals surface area (Å²) in [6.45, 7) is 14.9. The molecule has 2 saturated heterocycles. The molecule has 38 heavy (non-hydrogen) atoms. The monoisotopic (exact) mass is 541 g/mol. The van der Waals surface area contributed by atoms with Crippen molar-refractivity contribution in [3.63, 3.8) is 0 Å². The molecular weight excluding hydrogens is 498 g/mol.